The van der Waals surface area contributed by atoms with Crippen molar-refractivity contribution in [3.8, 4) is 0 Å². The van der Waals surface area contributed by atoms with Gasteiger partial charge in [0.2, 0.25) is 0 Å². The van der Waals surface area contributed by atoms with Crippen LogP contribution in [0.4, 0.5) is 0 Å². The highest BCUT2D eigenvalue weighted by atomic mass is 32.2. The minimum Gasteiger partial charge on any atom is -0.311 e. The molecule has 1 rings (SSSR count). The van der Waals surface area contributed by atoms with Gasteiger partial charge in [0.05, 0.1) is 11.0 Å². The minimum atomic E-state index is -2.96. The van der Waals surface area contributed by atoms with Gasteiger partial charge >= 0.3 is 0 Å². The van der Waals surface area contributed by atoms with Crippen molar-refractivity contribution in [2.45, 2.75) is 71.2 Å². The van der Waals surface area contributed by atoms with Crippen LogP contribution in [-0.4, -0.2) is 55.5 Å². The molecule has 1 aliphatic rings. The highest BCUT2D eigenvalue weighted by Gasteiger charge is 2.36. The minimum absolute atomic E-state index is 0.0694. The summed E-state index contributed by atoms with van der Waals surface area (Å²) in [6.45, 7) is 15.0. The van der Waals surface area contributed by atoms with E-state index in [-0.39, 0.29) is 16.5 Å². The number of rotatable bonds is 7. The third kappa shape index (κ3) is 5.22. The lowest BCUT2D eigenvalue weighted by Gasteiger charge is -2.48. The van der Waals surface area contributed by atoms with Gasteiger partial charge in [0.1, 0.15) is 0 Å². The zero-order valence-electron chi connectivity index (χ0n) is 14.6. The van der Waals surface area contributed by atoms with E-state index in [1.807, 2.05) is 0 Å². The molecule has 1 heterocycles. The Morgan fingerprint density at radius 3 is 2.38 bits per heavy atom. The van der Waals surface area contributed by atoms with Crippen LogP contribution in [0.2, 0.25) is 0 Å². The molecule has 1 N–H and O–H groups in total. The van der Waals surface area contributed by atoms with Crippen molar-refractivity contribution in [3.05, 3.63) is 0 Å². The van der Waals surface area contributed by atoms with Gasteiger partial charge in [0.25, 0.3) is 0 Å². The lowest BCUT2D eigenvalue weighted by Crippen LogP contribution is -2.63. The molecule has 1 aliphatic heterocycles. The Morgan fingerprint density at radius 2 is 1.90 bits per heavy atom. The fourth-order valence-corrected chi connectivity index (χ4v) is 3.88. The highest BCUT2D eigenvalue weighted by Crippen LogP contribution is 2.24. The van der Waals surface area contributed by atoms with Crippen LogP contribution in [0.5, 0.6) is 0 Å². The number of hydrogen-bond acceptors (Lipinski definition) is 4. The Balaban J connectivity index is 2.73. The van der Waals surface area contributed by atoms with Gasteiger partial charge in [-0.05, 0) is 39.5 Å². The number of nitrogens with one attached hydrogen (secondary N) is 1. The van der Waals surface area contributed by atoms with Gasteiger partial charge in [-0.2, -0.15) is 0 Å². The van der Waals surface area contributed by atoms with Crippen LogP contribution in [0.25, 0.3) is 0 Å². The van der Waals surface area contributed by atoms with E-state index in [2.05, 4.69) is 37.9 Å². The summed E-state index contributed by atoms with van der Waals surface area (Å²) >= 11 is 0. The van der Waals surface area contributed by atoms with Gasteiger partial charge in [-0.3, -0.25) is 4.90 Å². The first-order valence-electron chi connectivity index (χ1n) is 8.30. The van der Waals surface area contributed by atoms with E-state index in [4.69, 9.17) is 0 Å². The maximum absolute atomic E-state index is 12.1. The van der Waals surface area contributed by atoms with E-state index in [0.29, 0.717) is 18.5 Å². The molecule has 4 nitrogen and oxygen atoms in total. The van der Waals surface area contributed by atoms with Crippen LogP contribution in [0.1, 0.15) is 54.4 Å². The number of piperazine rings is 1. The second-order valence-electron chi connectivity index (χ2n) is 7.42. The first-order chi connectivity index (χ1) is 9.60. The average molecular weight is 319 g/mol. The lowest BCUT2D eigenvalue weighted by atomic mass is 9.90. The molecule has 2 atom stereocenters. The SMILES string of the molecule is CCC1(C)CNC(CC(C)C)CN1CCS(=O)(=O)C(C)C. The molecule has 0 saturated carbocycles. The molecule has 1 fully saturated rings. The predicted molar refractivity (Wildman–Crippen MR) is 90.4 cm³/mol. The molecule has 0 aliphatic carbocycles. The van der Waals surface area contributed by atoms with E-state index in [1.54, 1.807) is 13.8 Å². The molecule has 21 heavy (non-hydrogen) atoms. The quantitative estimate of drug-likeness (QED) is 0.782. The van der Waals surface area contributed by atoms with Gasteiger partial charge in [0.15, 0.2) is 9.84 Å². The van der Waals surface area contributed by atoms with Crippen LogP contribution in [0, 0.1) is 5.92 Å². The van der Waals surface area contributed by atoms with Crippen molar-refractivity contribution < 1.29 is 8.42 Å². The van der Waals surface area contributed by atoms with Crippen LogP contribution in [0.15, 0.2) is 0 Å². The van der Waals surface area contributed by atoms with Gasteiger partial charge < -0.3 is 5.32 Å². The second-order valence-corrected chi connectivity index (χ2v) is 10.1. The molecule has 0 aromatic carbocycles. The Kier molecular flexibility index (Phi) is 6.69. The molecule has 0 spiro atoms. The number of nitrogens with zero attached hydrogens (tertiary/aromatic N) is 1. The van der Waals surface area contributed by atoms with Crippen molar-refractivity contribution in [1.82, 2.24) is 10.2 Å². The molecule has 2 unspecified atom stereocenters. The average Bonchev–Trinajstić information content (AvgIpc) is 2.38. The smallest absolute Gasteiger partial charge is 0.153 e. The zero-order valence-corrected chi connectivity index (χ0v) is 15.5. The Morgan fingerprint density at radius 1 is 1.29 bits per heavy atom. The molecule has 5 heteroatoms. The van der Waals surface area contributed by atoms with Crippen molar-refractivity contribution >= 4 is 9.84 Å². The fourth-order valence-electron chi connectivity index (χ4n) is 2.94. The third-order valence-electron chi connectivity index (χ3n) is 4.86. The molecule has 0 amide bonds. The van der Waals surface area contributed by atoms with Crippen LogP contribution in [-0.2, 0) is 9.84 Å². The van der Waals surface area contributed by atoms with Crippen molar-refractivity contribution in [3.63, 3.8) is 0 Å². The molecule has 0 aromatic rings. The van der Waals surface area contributed by atoms with E-state index in [9.17, 15) is 8.42 Å². The molecule has 0 aromatic heterocycles. The van der Waals surface area contributed by atoms with Crippen LogP contribution in [0.3, 0.4) is 0 Å². The van der Waals surface area contributed by atoms with Crippen molar-refractivity contribution in [2.24, 2.45) is 5.92 Å². The van der Waals surface area contributed by atoms with E-state index in [0.717, 1.165) is 25.9 Å². The van der Waals surface area contributed by atoms with E-state index in [1.165, 1.54) is 0 Å². The van der Waals surface area contributed by atoms with Gasteiger partial charge in [-0.15, -0.1) is 0 Å². The maximum Gasteiger partial charge on any atom is 0.153 e. The third-order valence-corrected chi connectivity index (χ3v) is 7.05. The molecular weight excluding hydrogens is 284 g/mol. The molecular formula is C16H34N2O2S. The first kappa shape index (κ1) is 18.9. The zero-order chi connectivity index (χ0) is 16.3. The lowest BCUT2D eigenvalue weighted by molar-refractivity contribution is 0.0501. The molecule has 1 saturated heterocycles. The topological polar surface area (TPSA) is 49.4 Å². The first-order valence-corrected chi connectivity index (χ1v) is 10.0. The summed E-state index contributed by atoms with van der Waals surface area (Å²) in [6, 6.07) is 0.478. The van der Waals surface area contributed by atoms with Gasteiger partial charge in [-0.1, -0.05) is 20.8 Å². The van der Waals surface area contributed by atoms with E-state index >= 15 is 0 Å². The highest BCUT2D eigenvalue weighted by molar-refractivity contribution is 7.92. The summed E-state index contributed by atoms with van der Waals surface area (Å²) in [5.41, 5.74) is 0.0694. The summed E-state index contributed by atoms with van der Waals surface area (Å²) < 4.78 is 24.2. The Labute approximate surface area is 131 Å². The summed E-state index contributed by atoms with van der Waals surface area (Å²) in [7, 11) is -2.96. The Bertz CT molecular complexity index is 420. The summed E-state index contributed by atoms with van der Waals surface area (Å²) in [5.74, 6) is 0.934. The van der Waals surface area contributed by atoms with Crippen LogP contribution >= 0.6 is 0 Å². The maximum atomic E-state index is 12.1. The standard InChI is InChI=1S/C16H34N2O2S/c1-7-16(6)12-17-15(10-13(2)3)11-18(16)8-9-21(19,20)14(4)5/h13-15,17H,7-12H2,1-6H3. The largest absolute Gasteiger partial charge is 0.311 e. The number of sulfone groups is 1. The van der Waals surface area contributed by atoms with Gasteiger partial charge in [-0.25, -0.2) is 8.42 Å². The molecule has 0 bridgehead atoms. The summed E-state index contributed by atoms with van der Waals surface area (Å²) in [4.78, 5) is 2.40. The molecule has 0 radical (unpaired) electrons. The number of hydrogen-bond donors (Lipinski definition) is 1. The predicted octanol–water partition coefficient (Wildman–Crippen LogP) is 2.30. The van der Waals surface area contributed by atoms with Crippen molar-refractivity contribution in [2.75, 3.05) is 25.4 Å². The normalized spacial score (nSPS) is 28.5. The van der Waals surface area contributed by atoms with E-state index < -0.39 is 9.84 Å². The Hall–Kier alpha value is -0.130. The molecule has 126 valence electrons. The van der Waals surface area contributed by atoms with Crippen molar-refractivity contribution in [1.29, 1.82) is 0 Å². The monoisotopic (exact) mass is 318 g/mol. The summed E-state index contributed by atoms with van der Waals surface area (Å²) in [6.07, 6.45) is 2.18. The van der Waals surface area contributed by atoms with Gasteiger partial charge in [0, 0.05) is 31.2 Å². The van der Waals surface area contributed by atoms with Crippen LogP contribution < -0.4 is 5.32 Å². The summed E-state index contributed by atoms with van der Waals surface area (Å²) in [5, 5.41) is 3.37. The fraction of sp³-hybridized carbons (Fsp3) is 1.00. The second kappa shape index (κ2) is 7.42.